The maximum Gasteiger partial charge on any atom is 0.339 e. The first-order valence-corrected chi connectivity index (χ1v) is 6.78. The molecule has 0 aliphatic rings. The molecule has 0 fully saturated rings. The molecule has 1 rings (SSSR count). The first-order chi connectivity index (χ1) is 9.86. The maximum absolute atomic E-state index is 11.8. The minimum absolute atomic E-state index is 0.0245. The quantitative estimate of drug-likeness (QED) is 0.746. The van der Waals surface area contributed by atoms with Crippen LogP contribution in [0.5, 0.6) is 5.75 Å². The van der Waals surface area contributed by atoms with Crippen molar-refractivity contribution in [3.05, 3.63) is 27.7 Å². The zero-order chi connectivity index (χ0) is 16.0. The van der Waals surface area contributed by atoms with Crippen LogP contribution in [0.1, 0.15) is 17.3 Å². The van der Waals surface area contributed by atoms with Crippen LogP contribution in [-0.4, -0.2) is 43.3 Å². The molecule has 1 atom stereocenters. The molecule has 1 amide bonds. The fraction of sp³-hybridized carbons (Fsp3) is 0.385. The van der Waals surface area contributed by atoms with Gasteiger partial charge in [0.15, 0.2) is 11.9 Å². The van der Waals surface area contributed by atoms with E-state index in [0.29, 0.717) is 13.2 Å². The summed E-state index contributed by atoms with van der Waals surface area (Å²) in [6.07, 6.45) is -0.918. The van der Waals surface area contributed by atoms with Gasteiger partial charge in [-0.3, -0.25) is 4.79 Å². The summed E-state index contributed by atoms with van der Waals surface area (Å²) in [6, 6.07) is 2.56. The van der Waals surface area contributed by atoms with Crippen molar-refractivity contribution in [3.8, 4) is 5.75 Å². The van der Waals surface area contributed by atoms with Crippen LogP contribution in [0.25, 0.3) is 0 Å². The molecule has 21 heavy (non-hydrogen) atoms. The smallest absolute Gasteiger partial charge is 0.339 e. The first-order valence-electron chi connectivity index (χ1n) is 6.02. The number of nitrogens with one attached hydrogen (secondary N) is 1. The highest BCUT2D eigenvalue weighted by Gasteiger charge is 2.21. The van der Waals surface area contributed by atoms with Gasteiger partial charge in [0.1, 0.15) is 5.56 Å². The third kappa shape index (κ3) is 5.08. The van der Waals surface area contributed by atoms with E-state index in [4.69, 9.17) is 37.8 Å². The highest BCUT2D eigenvalue weighted by molar-refractivity contribution is 6.36. The average Bonchev–Trinajstić information content (AvgIpc) is 2.41. The summed E-state index contributed by atoms with van der Waals surface area (Å²) in [4.78, 5) is 22.9. The number of carbonyl (C=O) groups excluding carboxylic acids is 1. The monoisotopic (exact) mass is 335 g/mol. The van der Waals surface area contributed by atoms with Crippen LogP contribution < -0.4 is 10.1 Å². The zero-order valence-electron chi connectivity index (χ0n) is 11.5. The number of hydrogen-bond acceptors (Lipinski definition) is 4. The summed E-state index contributed by atoms with van der Waals surface area (Å²) in [5.41, 5.74) is -0.205. The molecular weight excluding hydrogens is 321 g/mol. The van der Waals surface area contributed by atoms with Crippen LogP contribution in [0.15, 0.2) is 12.1 Å². The molecule has 6 nitrogen and oxygen atoms in total. The minimum Gasteiger partial charge on any atom is -0.478 e. The number of rotatable bonds is 7. The Bertz CT molecular complexity index is 536. The Morgan fingerprint density at radius 1 is 1.38 bits per heavy atom. The molecule has 0 aromatic heterocycles. The van der Waals surface area contributed by atoms with E-state index in [1.165, 1.54) is 26.2 Å². The number of methoxy groups -OCH3 is 1. The number of carbonyl (C=O) groups is 2. The maximum atomic E-state index is 11.8. The van der Waals surface area contributed by atoms with E-state index in [0.717, 1.165) is 0 Å². The lowest BCUT2D eigenvalue weighted by Gasteiger charge is -2.17. The van der Waals surface area contributed by atoms with Gasteiger partial charge in [-0.15, -0.1) is 0 Å². The van der Waals surface area contributed by atoms with Crippen LogP contribution in [0.3, 0.4) is 0 Å². The molecule has 116 valence electrons. The predicted molar refractivity (Wildman–Crippen MR) is 78.4 cm³/mol. The van der Waals surface area contributed by atoms with Crippen LogP contribution in [-0.2, 0) is 9.53 Å². The van der Waals surface area contributed by atoms with E-state index in [-0.39, 0.29) is 21.4 Å². The standard InChI is InChI=1S/C13H15Cl2NO5/c1-7(12(17)16-3-4-20-2)21-11-9(13(18)19)5-8(14)6-10(11)15/h5-7H,3-4H2,1-2H3,(H,16,17)(H,18,19). The van der Waals surface area contributed by atoms with Crippen molar-refractivity contribution < 1.29 is 24.2 Å². The number of benzene rings is 1. The molecule has 1 aromatic carbocycles. The topological polar surface area (TPSA) is 84.9 Å². The number of hydrogen-bond donors (Lipinski definition) is 2. The van der Waals surface area contributed by atoms with Crippen LogP contribution in [0.4, 0.5) is 0 Å². The van der Waals surface area contributed by atoms with Gasteiger partial charge in [0.2, 0.25) is 0 Å². The summed E-state index contributed by atoms with van der Waals surface area (Å²) < 4.78 is 10.2. The number of carboxylic acid groups (broad SMARTS) is 1. The number of aromatic carboxylic acids is 1. The van der Waals surface area contributed by atoms with Crippen LogP contribution >= 0.6 is 23.2 Å². The Labute approximate surface area is 131 Å². The van der Waals surface area contributed by atoms with E-state index in [1.54, 1.807) is 0 Å². The second kappa shape index (κ2) is 8.07. The third-order valence-electron chi connectivity index (χ3n) is 2.51. The molecule has 8 heteroatoms. The number of ether oxygens (including phenoxy) is 2. The van der Waals surface area contributed by atoms with Crippen LogP contribution in [0, 0.1) is 0 Å². The van der Waals surface area contributed by atoms with Gasteiger partial charge in [-0.25, -0.2) is 4.79 Å². The van der Waals surface area contributed by atoms with E-state index in [9.17, 15) is 9.59 Å². The fourth-order valence-electron chi connectivity index (χ4n) is 1.49. The molecule has 1 unspecified atom stereocenters. The van der Waals surface area contributed by atoms with Crippen LogP contribution in [0.2, 0.25) is 10.0 Å². The van der Waals surface area contributed by atoms with Crippen molar-refractivity contribution in [2.45, 2.75) is 13.0 Å². The molecule has 0 aliphatic carbocycles. The van der Waals surface area contributed by atoms with Gasteiger partial charge in [-0.2, -0.15) is 0 Å². The number of halogens is 2. The lowest BCUT2D eigenvalue weighted by atomic mass is 10.2. The van der Waals surface area contributed by atoms with E-state index in [1.807, 2.05) is 0 Å². The summed E-state index contributed by atoms with van der Waals surface area (Å²) >= 11 is 11.7. The molecule has 1 aromatic rings. The number of amides is 1. The third-order valence-corrected chi connectivity index (χ3v) is 3.01. The van der Waals surface area contributed by atoms with Crippen molar-refractivity contribution in [2.75, 3.05) is 20.3 Å². The first kappa shape index (κ1) is 17.6. The van der Waals surface area contributed by atoms with Gasteiger partial charge in [0, 0.05) is 18.7 Å². The fourth-order valence-corrected chi connectivity index (χ4v) is 2.03. The van der Waals surface area contributed by atoms with Crippen molar-refractivity contribution in [2.24, 2.45) is 0 Å². The van der Waals surface area contributed by atoms with Gasteiger partial charge in [0.25, 0.3) is 5.91 Å². The van der Waals surface area contributed by atoms with E-state index < -0.39 is 18.0 Å². The second-order valence-corrected chi connectivity index (χ2v) is 4.96. The summed E-state index contributed by atoms with van der Waals surface area (Å²) in [7, 11) is 1.51. The Hall–Kier alpha value is -1.50. The van der Waals surface area contributed by atoms with Crippen molar-refractivity contribution >= 4 is 35.1 Å². The Morgan fingerprint density at radius 3 is 2.62 bits per heavy atom. The Kier molecular flexibility index (Phi) is 6.74. The molecule has 2 N–H and O–H groups in total. The summed E-state index contributed by atoms with van der Waals surface area (Å²) in [6.45, 7) is 2.17. The van der Waals surface area contributed by atoms with Crippen molar-refractivity contribution in [1.29, 1.82) is 0 Å². The molecular formula is C13H15Cl2NO5. The van der Waals surface area contributed by atoms with E-state index in [2.05, 4.69) is 5.32 Å². The Balaban J connectivity index is 2.87. The minimum atomic E-state index is -1.25. The lowest BCUT2D eigenvalue weighted by molar-refractivity contribution is -0.127. The average molecular weight is 336 g/mol. The Morgan fingerprint density at radius 2 is 2.05 bits per heavy atom. The van der Waals surface area contributed by atoms with Gasteiger partial charge in [0.05, 0.1) is 11.6 Å². The molecule has 0 aliphatic heterocycles. The molecule has 0 heterocycles. The molecule has 0 saturated heterocycles. The highest BCUT2D eigenvalue weighted by Crippen LogP contribution is 2.33. The van der Waals surface area contributed by atoms with Gasteiger partial charge >= 0.3 is 5.97 Å². The molecule has 0 radical (unpaired) electrons. The van der Waals surface area contributed by atoms with Crippen molar-refractivity contribution in [1.82, 2.24) is 5.32 Å². The predicted octanol–water partition coefficient (Wildman–Crippen LogP) is 2.22. The second-order valence-electron chi connectivity index (χ2n) is 4.11. The van der Waals surface area contributed by atoms with Crippen molar-refractivity contribution in [3.63, 3.8) is 0 Å². The summed E-state index contributed by atoms with van der Waals surface area (Å²) in [5, 5.41) is 11.9. The van der Waals surface area contributed by atoms with E-state index >= 15 is 0 Å². The number of carboxylic acids is 1. The van der Waals surface area contributed by atoms with Gasteiger partial charge in [-0.1, -0.05) is 23.2 Å². The summed E-state index contributed by atoms with van der Waals surface area (Å²) in [5.74, 6) is -1.75. The molecule has 0 bridgehead atoms. The highest BCUT2D eigenvalue weighted by atomic mass is 35.5. The lowest BCUT2D eigenvalue weighted by Crippen LogP contribution is -2.38. The zero-order valence-corrected chi connectivity index (χ0v) is 13.0. The molecule has 0 saturated carbocycles. The SMILES string of the molecule is COCCNC(=O)C(C)Oc1c(Cl)cc(Cl)cc1C(=O)O. The largest absolute Gasteiger partial charge is 0.478 e. The molecule has 0 spiro atoms. The van der Waals surface area contributed by atoms with Gasteiger partial charge in [-0.05, 0) is 19.1 Å². The normalized spacial score (nSPS) is 11.8. The van der Waals surface area contributed by atoms with Gasteiger partial charge < -0.3 is 19.9 Å².